The third-order valence-electron chi connectivity index (χ3n) is 4.69. The van der Waals surface area contributed by atoms with Crippen LogP contribution in [0.25, 0.3) is 5.76 Å². The maximum absolute atomic E-state index is 13.1. The molecule has 26 heavy (non-hydrogen) atoms. The standard InChI is InChI=1S/C21H23IO3S/c1-2-3-14-26(23,24)19-15-21(16-22,18-12-8-5-9-13-18)25-20(19)17-10-6-4-7-11-17/h4-13H,2-3,14-16H2,1H3. The molecule has 5 heteroatoms. The van der Waals surface area contributed by atoms with Crippen molar-refractivity contribution >= 4 is 38.2 Å². The minimum Gasteiger partial charge on any atom is -0.480 e. The van der Waals surface area contributed by atoms with Crippen LogP contribution in [0.15, 0.2) is 65.6 Å². The predicted octanol–water partition coefficient (Wildman–Crippen LogP) is 5.32. The van der Waals surface area contributed by atoms with Crippen LogP contribution in [-0.2, 0) is 20.2 Å². The van der Waals surface area contributed by atoms with E-state index < -0.39 is 15.4 Å². The average molecular weight is 482 g/mol. The second kappa shape index (κ2) is 8.13. The van der Waals surface area contributed by atoms with Gasteiger partial charge in [-0.1, -0.05) is 96.6 Å². The fourth-order valence-electron chi connectivity index (χ4n) is 3.20. The van der Waals surface area contributed by atoms with Crippen molar-refractivity contribution in [1.29, 1.82) is 0 Å². The number of halogens is 1. The van der Waals surface area contributed by atoms with E-state index in [1.165, 1.54) is 0 Å². The van der Waals surface area contributed by atoms with Crippen LogP contribution in [0.1, 0.15) is 37.3 Å². The van der Waals surface area contributed by atoms with Crippen molar-refractivity contribution in [3.63, 3.8) is 0 Å². The highest BCUT2D eigenvalue weighted by Crippen LogP contribution is 2.48. The highest BCUT2D eigenvalue weighted by atomic mass is 127. The Morgan fingerprint density at radius 2 is 1.65 bits per heavy atom. The molecule has 1 aliphatic rings. The van der Waals surface area contributed by atoms with Gasteiger partial charge in [0, 0.05) is 16.4 Å². The second-order valence-corrected chi connectivity index (χ2v) is 9.46. The lowest BCUT2D eigenvalue weighted by atomic mass is 9.93. The van der Waals surface area contributed by atoms with Gasteiger partial charge >= 0.3 is 0 Å². The Labute approximate surface area is 169 Å². The van der Waals surface area contributed by atoms with Gasteiger partial charge in [0.15, 0.2) is 9.84 Å². The fourth-order valence-corrected chi connectivity index (χ4v) is 5.88. The van der Waals surface area contributed by atoms with Crippen LogP contribution in [0, 0.1) is 0 Å². The third kappa shape index (κ3) is 3.83. The number of hydrogen-bond donors (Lipinski definition) is 0. The molecule has 1 aliphatic heterocycles. The Bertz CT molecular complexity index is 876. The topological polar surface area (TPSA) is 43.4 Å². The van der Waals surface area contributed by atoms with Crippen LogP contribution < -0.4 is 0 Å². The molecule has 3 nitrogen and oxygen atoms in total. The van der Waals surface area contributed by atoms with E-state index in [1.54, 1.807) is 0 Å². The van der Waals surface area contributed by atoms with E-state index >= 15 is 0 Å². The summed E-state index contributed by atoms with van der Waals surface area (Å²) in [6, 6.07) is 19.5. The fraction of sp³-hybridized carbons (Fsp3) is 0.333. The summed E-state index contributed by atoms with van der Waals surface area (Å²) in [6.07, 6.45) is 1.90. The first-order valence-electron chi connectivity index (χ1n) is 8.84. The van der Waals surface area contributed by atoms with E-state index in [0.717, 1.165) is 17.5 Å². The van der Waals surface area contributed by atoms with Gasteiger partial charge in [0.1, 0.15) is 11.4 Å². The van der Waals surface area contributed by atoms with Gasteiger partial charge in [0.05, 0.1) is 10.7 Å². The van der Waals surface area contributed by atoms with Crippen LogP contribution in [0.5, 0.6) is 0 Å². The van der Waals surface area contributed by atoms with Gasteiger partial charge in [-0.15, -0.1) is 0 Å². The SMILES string of the molecule is CCCCS(=O)(=O)C1=C(c2ccccc2)OC(CI)(c2ccccc2)C1. The molecule has 0 aliphatic carbocycles. The molecule has 0 saturated carbocycles. The van der Waals surface area contributed by atoms with Crippen molar-refractivity contribution < 1.29 is 13.2 Å². The molecule has 3 rings (SSSR count). The summed E-state index contributed by atoms with van der Waals surface area (Å²) in [4.78, 5) is 0.442. The number of benzene rings is 2. The molecule has 1 heterocycles. The van der Waals surface area contributed by atoms with E-state index in [1.807, 2.05) is 67.6 Å². The first-order valence-corrected chi connectivity index (χ1v) is 12.0. The number of rotatable bonds is 7. The molecule has 138 valence electrons. The highest BCUT2D eigenvalue weighted by Gasteiger charge is 2.45. The molecule has 0 amide bonds. The normalized spacial score (nSPS) is 20.2. The zero-order valence-corrected chi connectivity index (χ0v) is 17.8. The third-order valence-corrected chi connectivity index (χ3v) is 7.83. The highest BCUT2D eigenvalue weighted by molar-refractivity contribution is 14.1. The summed E-state index contributed by atoms with van der Waals surface area (Å²) >= 11 is 2.30. The largest absolute Gasteiger partial charge is 0.480 e. The number of unbranched alkanes of at least 4 members (excludes halogenated alkanes) is 1. The van der Waals surface area contributed by atoms with Gasteiger partial charge in [0.2, 0.25) is 0 Å². The summed E-state index contributed by atoms with van der Waals surface area (Å²) < 4.78 is 33.3. The quantitative estimate of drug-likeness (QED) is 0.396. The predicted molar refractivity (Wildman–Crippen MR) is 115 cm³/mol. The van der Waals surface area contributed by atoms with Crippen molar-refractivity contribution in [3.05, 3.63) is 76.7 Å². The van der Waals surface area contributed by atoms with Crippen molar-refractivity contribution in [2.75, 3.05) is 10.2 Å². The lowest BCUT2D eigenvalue weighted by Crippen LogP contribution is -2.28. The van der Waals surface area contributed by atoms with Gasteiger partial charge < -0.3 is 4.74 Å². The summed E-state index contributed by atoms with van der Waals surface area (Å²) in [7, 11) is -3.36. The van der Waals surface area contributed by atoms with E-state index in [-0.39, 0.29) is 5.75 Å². The molecule has 0 fully saturated rings. The van der Waals surface area contributed by atoms with E-state index in [2.05, 4.69) is 22.6 Å². The summed E-state index contributed by atoms with van der Waals surface area (Å²) in [5.74, 6) is 0.687. The maximum atomic E-state index is 13.1. The molecule has 0 aromatic heterocycles. The molecule has 0 saturated heterocycles. The minimum absolute atomic E-state index is 0.171. The Hall–Kier alpha value is -1.34. The molecule has 1 atom stereocenters. The van der Waals surface area contributed by atoms with Gasteiger partial charge in [-0.3, -0.25) is 0 Å². The van der Waals surface area contributed by atoms with Crippen molar-refractivity contribution in [2.45, 2.75) is 31.8 Å². The molecule has 0 bridgehead atoms. The first kappa shape index (κ1) is 19.4. The molecule has 2 aromatic rings. The first-order chi connectivity index (χ1) is 12.5. The zero-order valence-electron chi connectivity index (χ0n) is 14.8. The Morgan fingerprint density at radius 3 is 2.23 bits per heavy atom. The average Bonchev–Trinajstić information content (AvgIpc) is 3.10. The lowest BCUT2D eigenvalue weighted by Gasteiger charge is -2.28. The van der Waals surface area contributed by atoms with Crippen LogP contribution in [0.4, 0.5) is 0 Å². The summed E-state index contributed by atoms with van der Waals surface area (Å²) in [5, 5.41) is 0. The maximum Gasteiger partial charge on any atom is 0.178 e. The van der Waals surface area contributed by atoms with Crippen LogP contribution >= 0.6 is 22.6 Å². The smallest absolute Gasteiger partial charge is 0.178 e. The van der Waals surface area contributed by atoms with Gasteiger partial charge in [-0.2, -0.15) is 0 Å². The summed E-state index contributed by atoms with van der Waals surface area (Å²) in [5.41, 5.74) is 1.20. The van der Waals surface area contributed by atoms with Gasteiger partial charge in [-0.25, -0.2) is 8.42 Å². The zero-order chi connectivity index (χ0) is 18.6. The second-order valence-electron chi connectivity index (χ2n) is 6.56. The Kier molecular flexibility index (Phi) is 6.07. The Morgan fingerprint density at radius 1 is 1.04 bits per heavy atom. The number of sulfone groups is 1. The van der Waals surface area contributed by atoms with E-state index in [4.69, 9.17) is 4.74 Å². The Balaban J connectivity index is 2.09. The van der Waals surface area contributed by atoms with Gasteiger partial charge in [0.25, 0.3) is 0 Å². The number of ether oxygens (including phenoxy) is 1. The number of alkyl halides is 1. The lowest BCUT2D eigenvalue weighted by molar-refractivity contribution is 0.0860. The number of hydrogen-bond acceptors (Lipinski definition) is 3. The van der Waals surface area contributed by atoms with Gasteiger partial charge in [-0.05, 0) is 12.0 Å². The van der Waals surface area contributed by atoms with Crippen molar-refractivity contribution in [1.82, 2.24) is 0 Å². The molecule has 0 radical (unpaired) electrons. The molecular formula is C21H23IO3S. The van der Waals surface area contributed by atoms with Crippen molar-refractivity contribution in [2.24, 2.45) is 0 Å². The molecule has 1 unspecified atom stereocenters. The minimum atomic E-state index is -3.36. The molecule has 2 aromatic carbocycles. The van der Waals surface area contributed by atoms with Crippen molar-refractivity contribution in [3.8, 4) is 0 Å². The van der Waals surface area contributed by atoms with Crippen LogP contribution in [0.3, 0.4) is 0 Å². The molecule has 0 spiro atoms. The van der Waals surface area contributed by atoms with E-state index in [9.17, 15) is 8.42 Å². The van der Waals surface area contributed by atoms with E-state index in [0.29, 0.717) is 27.9 Å². The molecular weight excluding hydrogens is 459 g/mol. The van der Waals surface area contributed by atoms with Crippen LogP contribution in [-0.4, -0.2) is 18.6 Å². The summed E-state index contributed by atoms with van der Waals surface area (Å²) in [6.45, 7) is 2.01. The monoisotopic (exact) mass is 482 g/mol. The molecule has 0 N–H and O–H groups in total. The van der Waals surface area contributed by atoms with Crippen LogP contribution in [0.2, 0.25) is 0 Å².